The van der Waals surface area contributed by atoms with Gasteiger partial charge in [0.15, 0.2) is 0 Å². The van der Waals surface area contributed by atoms with Gasteiger partial charge in [-0.1, -0.05) is 23.2 Å². The Kier molecular flexibility index (Phi) is 4.65. The second-order valence-electron chi connectivity index (χ2n) is 4.15. The summed E-state index contributed by atoms with van der Waals surface area (Å²) in [5, 5.41) is 14.2. The van der Waals surface area contributed by atoms with E-state index in [1.807, 2.05) is 6.07 Å². The third-order valence-electron chi connectivity index (χ3n) is 3.08. The van der Waals surface area contributed by atoms with Gasteiger partial charge in [-0.05, 0) is 23.8 Å². The van der Waals surface area contributed by atoms with E-state index in [-0.39, 0.29) is 12.6 Å². The maximum absolute atomic E-state index is 9.58. The molecule has 17 heavy (non-hydrogen) atoms. The third kappa shape index (κ3) is 3.12. The second kappa shape index (κ2) is 6.03. The van der Waals surface area contributed by atoms with E-state index in [0.29, 0.717) is 10.0 Å². The highest BCUT2D eigenvalue weighted by Gasteiger charge is 2.23. The van der Waals surface area contributed by atoms with Crippen molar-refractivity contribution >= 4 is 23.2 Å². The Balaban J connectivity index is 2.24. The van der Waals surface area contributed by atoms with E-state index in [9.17, 15) is 5.11 Å². The zero-order valence-electron chi connectivity index (χ0n) is 9.50. The van der Waals surface area contributed by atoms with Crippen molar-refractivity contribution < 1.29 is 5.11 Å². The molecule has 1 aliphatic heterocycles. The first kappa shape index (κ1) is 13.1. The van der Waals surface area contributed by atoms with Gasteiger partial charge in [0, 0.05) is 36.2 Å². The van der Waals surface area contributed by atoms with E-state index in [1.165, 1.54) is 0 Å². The lowest BCUT2D eigenvalue weighted by Crippen LogP contribution is -2.46. The summed E-state index contributed by atoms with van der Waals surface area (Å²) >= 11 is 12.2. The highest BCUT2D eigenvalue weighted by molar-refractivity contribution is 6.33. The molecule has 0 spiro atoms. The van der Waals surface area contributed by atoms with Gasteiger partial charge in [-0.2, -0.15) is 0 Å². The maximum atomic E-state index is 9.58. The Bertz CT molecular complexity index is 381. The fourth-order valence-corrected chi connectivity index (χ4v) is 2.60. The number of aliphatic hydroxyl groups is 1. The first-order chi connectivity index (χ1) is 8.22. The molecule has 1 heterocycles. The van der Waals surface area contributed by atoms with Gasteiger partial charge in [-0.15, -0.1) is 0 Å². The standard InChI is InChI=1S/C12H16Cl2N2O/c13-9-1-2-11(14)10(7-9)12(8-17)16-5-3-15-4-6-16/h1-2,7,12,15,17H,3-6,8H2/t12-/m0/s1. The lowest BCUT2D eigenvalue weighted by atomic mass is 10.1. The average Bonchev–Trinajstić information content (AvgIpc) is 2.36. The van der Waals surface area contributed by atoms with E-state index >= 15 is 0 Å². The van der Waals surface area contributed by atoms with Crippen LogP contribution in [0.4, 0.5) is 0 Å². The molecule has 0 aliphatic carbocycles. The Hall–Kier alpha value is -0.320. The highest BCUT2D eigenvalue weighted by Crippen LogP contribution is 2.30. The van der Waals surface area contributed by atoms with Crippen molar-refractivity contribution in [2.45, 2.75) is 6.04 Å². The summed E-state index contributed by atoms with van der Waals surface area (Å²) in [5.74, 6) is 0. The maximum Gasteiger partial charge on any atom is 0.0629 e. The van der Waals surface area contributed by atoms with Gasteiger partial charge in [-0.3, -0.25) is 4.90 Å². The molecule has 1 fully saturated rings. The lowest BCUT2D eigenvalue weighted by Gasteiger charge is -2.34. The highest BCUT2D eigenvalue weighted by atomic mass is 35.5. The van der Waals surface area contributed by atoms with E-state index in [0.717, 1.165) is 31.7 Å². The molecule has 2 rings (SSSR count). The SMILES string of the molecule is OC[C@@H](c1cc(Cl)ccc1Cl)N1CCNCC1. The number of rotatable bonds is 3. The normalized spacial score (nSPS) is 19.2. The monoisotopic (exact) mass is 274 g/mol. The molecule has 1 aromatic carbocycles. The van der Waals surface area contributed by atoms with Gasteiger partial charge in [0.25, 0.3) is 0 Å². The number of nitrogens with one attached hydrogen (secondary N) is 1. The molecule has 1 saturated heterocycles. The Morgan fingerprint density at radius 2 is 2.00 bits per heavy atom. The molecule has 0 radical (unpaired) electrons. The minimum Gasteiger partial charge on any atom is -0.394 e. The first-order valence-corrected chi connectivity index (χ1v) is 6.48. The molecular formula is C12H16Cl2N2O. The molecule has 2 N–H and O–H groups in total. The summed E-state index contributed by atoms with van der Waals surface area (Å²) in [4.78, 5) is 2.23. The van der Waals surface area contributed by atoms with Crippen molar-refractivity contribution in [3.63, 3.8) is 0 Å². The summed E-state index contributed by atoms with van der Waals surface area (Å²) < 4.78 is 0. The van der Waals surface area contributed by atoms with Crippen molar-refractivity contribution in [3.8, 4) is 0 Å². The molecule has 1 aromatic rings. The molecule has 3 nitrogen and oxygen atoms in total. The number of nitrogens with zero attached hydrogens (tertiary/aromatic N) is 1. The number of halogens is 2. The van der Waals surface area contributed by atoms with Crippen molar-refractivity contribution in [2.24, 2.45) is 0 Å². The molecule has 0 unspecified atom stereocenters. The van der Waals surface area contributed by atoms with Crippen LogP contribution in [0.25, 0.3) is 0 Å². The fourth-order valence-electron chi connectivity index (χ4n) is 2.17. The lowest BCUT2D eigenvalue weighted by molar-refractivity contribution is 0.111. The summed E-state index contributed by atoms with van der Waals surface area (Å²) in [5.41, 5.74) is 0.906. The van der Waals surface area contributed by atoms with Crippen LogP contribution in [0.3, 0.4) is 0 Å². The quantitative estimate of drug-likeness (QED) is 0.884. The largest absolute Gasteiger partial charge is 0.394 e. The predicted molar refractivity (Wildman–Crippen MR) is 70.7 cm³/mol. The molecule has 0 bridgehead atoms. The third-order valence-corrected chi connectivity index (χ3v) is 3.66. The van der Waals surface area contributed by atoms with Crippen molar-refractivity contribution in [3.05, 3.63) is 33.8 Å². The molecule has 5 heteroatoms. The van der Waals surface area contributed by atoms with Gasteiger partial charge in [0.1, 0.15) is 0 Å². The molecule has 94 valence electrons. The molecule has 0 saturated carbocycles. The van der Waals surface area contributed by atoms with Crippen LogP contribution in [0, 0.1) is 0 Å². The van der Waals surface area contributed by atoms with Crippen LogP contribution in [-0.4, -0.2) is 42.8 Å². The van der Waals surface area contributed by atoms with Crippen LogP contribution in [-0.2, 0) is 0 Å². The molecule has 0 aromatic heterocycles. The van der Waals surface area contributed by atoms with E-state index in [2.05, 4.69) is 10.2 Å². The minimum atomic E-state index is -0.0664. The van der Waals surface area contributed by atoms with E-state index in [4.69, 9.17) is 23.2 Å². The summed E-state index contributed by atoms with van der Waals surface area (Å²) in [6.45, 7) is 3.76. The van der Waals surface area contributed by atoms with Crippen LogP contribution in [0.2, 0.25) is 10.0 Å². The second-order valence-corrected chi connectivity index (χ2v) is 4.99. The summed E-state index contributed by atoms with van der Waals surface area (Å²) in [6, 6.07) is 5.32. The van der Waals surface area contributed by atoms with E-state index < -0.39 is 0 Å². The molecule has 1 atom stereocenters. The molecule has 0 amide bonds. The van der Waals surface area contributed by atoms with Crippen LogP contribution >= 0.6 is 23.2 Å². The summed E-state index contributed by atoms with van der Waals surface area (Å²) in [7, 11) is 0. The molecule has 1 aliphatic rings. The van der Waals surface area contributed by atoms with Gasteiger partial charge in [0.2, 0.25) is 0 Å². The van der Waals surface area contributed by atoms with Gasteiger partial charge in [-0.25, -0.2) is 0 Å². The Morgan fingerprint density at radius 3 is 2.65 bits per heavy atom. The van der Waals surface area contributed by atoms with Crippen molar-refractivity contribution in [1.82, 2.24) is 10.2 Å². The van der Waals surface area contributed by atoms with Crippen LogP contribution in [0.5, 0.6) is 0 Å². The first-order valence-electron chi connectivity index (χ1n) is 5.73. The topological polar surface area (TPSA) is 35.5 Å². The minimum absolute atomic E-state index is 0.0556. The van der Waals surface area contributed by atoms with Gasteiger partial charge < -0.3 is 10.4 Å². The van der Waals surface area contributed by atoms with Crippen molar-refractivity contribution in [2.75, 3.05) is 32.8 Å². The number of aliphatic hydroxyl groups excluding tert-OH is 1. The molecular weight excluding hydrogens is 259 g/mol. The van der Waals surface area contributed by atoms with Crippen LogP contribution < -0.4 is 5.32 Å². The number of hydrogen-bond donors (Lipinski definition) is 2. The fraction of sp³-hybridized carbons (Fsp3) is 0.500. The number of benzene rings is 1. The predicted octanol–water partition coefficient (Wildman–Crippen LogP) is 1.93. The van der Waals surface area contributed by atoms with Gasteiger partial charge in [0.05, 0.1) is 12.6 Å². The smallest absolute Gasteiger partial charge is 0.0629 e. The zero-order chi connectivity index (χ0) is 12.3. The summed E-state index contributed by atoms with van der Waals surface area (Å²) in [6.07, 6.45) is 0. The van der Waals surface area contributed by atoms with Gasteiger partial charge >= 0.3 is 0 Å². The van der Waals surface area contributed by atoms with Crippen LogP contribution in [0.15, 0.2) is 18.2 Å². The Morgan fingerprint density at radius 1 is 1.29 bits per heavy atom. The Labute approximate surface area is 111 Å². The zero-order valence-corrected chi connectivity index (χ0v) is 11.0. The van der Waals surface area contributed by atoms with E-state index in [1.54, 1.807) is 12.1 Å². The number of piperazine rings is 1. The van der Waals surface area contributed by atoms with Crippen LogP contribution in [0.1, 0.15) is 11.6 Å². The number of hydrogen-bond acceptors (Lipinski definition) is 3. The van der Waals surface area contributed by atoms with Crippen molar-refractivity contribution in [1.29, 1.82) is 0 Å². The average molecular weight is 275 g/mol.